The van der Waals surface area contributed by atoms with Crippen molar-refractivity contribution in [2.45, 2.75) is 58.0 Å². The molecule has 172 valence electrons. The summed E-state index contributed by atoms with van der Waals surface area (Å²) in [5, 5.41) is 0. The maximum absolute atomic E-state index is 13.6. The summed E-state index contributed by atoms with van der Waals surface area (Å²) in [6.45, 7) is 9.47. The molecular formula is C24H38N4O3. The minimum absolute atomic E-state index is 0.0394. The lowest BCUT2D eigenvalue weighted by atomic mass is 9.85. The highest BCUT2D eigenvalue weighted by molar-refractivity contribution is 6.08. The van der Waals surface area contributed by atoms with Crippen LogP contribution in [0.15, 0.2) is 12.2 Å². The van der Waals surface area contributed by atoms with Gasteiger partial charge in [-0.25, -0.2) is 0 Å². The number of hydrogen-bond donors (Lipinski definition) is 0. The van der Waals surface area contributed by atoms with Crippen molar-refractivity contribution >= 4 is 17.7 Å². The average molecular weight is 431 g/mol. The molecule has 4 aliphatic rings. The zero-order valence-electron chi connectivity index (χ0n) is 19.3. The molecule has 0 bridgehead atoms. The second kappa shape index (κ2) is 9.41. The van der Waals surface area contributed by atoms with E-state index in [1.54, 1.807) is 0 Å². The van der Waals surface area contributed by atoms with E-state index in [-0.39, 0.29) is 35.5 Å². The van der Waals surface area contributed by atoms with Crippen LogP contribution in [0.2, 0.25) is 0 Å². The zero-order valence-corrected chi connectivity index (χ0v) is 19.3. The maximum atomic E-state index is 13.6. The molecule has 4 unspecified atom stereocenters. The molecule has 3 fully saturated rings. The zero-order chi connectivity index (χ0) is 22.1. The summed E-state index contributed by atoms with van der Waals surface area (Å²) in [7, 11) is 2.18. The van der Waals surface area contributed by atoms with Gasteiger partial charge >= 0.3 is 0 Å². The number of carbonyl (C=O) groups excluding carboxylic acids is 3. The standard InChI is InChI=1S/C24H38N4O3/c1-17(2)15-21(28-22(29)19-8-4-5-9-20(19)23(28)30)24(31)27-13-11-26(12-14-27)18-7-6-10-25(3)16-18/h4-5,17-21H,6-16H2,1-3H3. The average Bonchev–Trinajstić information content (AvgIpc) is 3.02. The van der Waals surface area contributed by atoms with E-state index in [9.17, 15) is 14.4 Å². The second-order valence-electron chi connectivity index (χ2n) is 10.3. The molecule has 0 aromatic carbocycles. The van der Waals surface area contributed by atoms with E-state index in [2.05, 4.69) is 30.7 Å². The lowest BCUT2D eigenvalue weighted by Crippen LogP contribution is -2.59. The number of carbonyl (C=O) groups is 3. The first-order valence-corrected chi connectivity index (χ1v) is 12.1. The summed E-state index contributed by atoms with van der Waals surface area (Å²) in [5.74, 6) is -0.638. The fraction of sp³-hybridized carbons (Fsp3) is 0.792. The SMILES string of the molecule is CC(C)CC(C(=O)N1CCN(C2CCCN(C)C2)CC1)N1C(=O)C2CC=CCC2C1=O. The molecule has 0 spiro atoms. The minimum Gasteiger partial charge on any atom is -0.338 e. The lowest BCUT2D eigenvalue weighted by Gasteiger charge is -2.43. The predicted molar refractivity (Wildman–Crippen MR) is 119 cm³/mol. The van der Waals surface area contributed by atoms with Gasteiger partial charge in [0, 0.05) is 38.8 Å². The third-order valence-corrected chi connectivity index (χ3v) is 7.58. The number of piperazine rings is 1. The van der Waals surface area contributed by atoms with Gasteiger partial charge in [-0.2, -0.15) is 0 Å². The fourth-order valence-corrected chi connectivity index (χ4v) is 5.85. The molecule has 3 heterocycles. The van der Waals surface area contributed by atoms with E-state index in [0.29, 0.717) is 38.4 Å². The van der Waals surface area contributed by atoms with E-state index in [1.807, 2.05) is 17.1 Å². The molecule has 4 rings (SSSR count). The third-order valence-electron chi connectivity index (χ3n) is 7.58. The van der Waals surface area contributed by atoms with E-state index in [4.69, 9.17) is 0 Å². The van der Waals surface area contributed by atoms with Crippen LogP contribution < -0.4 is 0 Å². The van der Waals surface area contributed by atoms with Crippen LogP contribution in [-0.2, 0) is 14.4 Å². The van der Waals surface area contributed by atoms with Gasteiger partial charge in [-0.15, -0.1) is 0 Å². The van der Waals surface area contributed by atoms with Crippen LogP contribution in [0.1, 0.15) is 46.0 Å². The number of fused-ring (bicyclic) bond motifs is 1. The number of piperidine rings is 1. The molecule has 31 heavy (non-hydrogen) atoms. The molecule has 3 saturated heterocycles. The Morgan fingerprint density at radius 1 is 1.00 bits per heavy atom. The highest BCUT2D eigenvalue weighted by Gasteiger charge is 2.51. The van der Waals surface area contributed by atoms with Crippen LogP contribution in [0.25, 0.3) is 0 Å². The van der Waals surface area contributed by atoms with Crippen molar-refractivity contribution in [3.63, 3.8) is 0 Å². The molecule has 0 N–H and O–H groups in total. The van der Waals surface area contributed by atoms with Gasteiger partial charge in [0.2, 0.25) is 17.7 Å². The predicted octanol–water partition coefficient (Wildman–Crippen LogP) is 1.59. The molecule has 0 aromatic heterocycles. The summed E-state index contributed by atoms with van der Waals surface area (Å²) < 4.78 is 0. The quantitative estimate of drug-likeness (QED) is 0.490. The van der Waals surface area contributed by atoms with Crippen LogP contribution in [0, 0.1) is 17.8 Å². The molecule has 3 aliphatic heterocycles. The number of imide groups is 1. The molecule has 7 heteroatoms. The fourth-order valence-electron chi connectivity index (χ4n) is 5.85. The van der Waals surface area contributed by atoms with Crippen LogP contribution in [-0.4, -0.2) is 95.7 Å². The third kappa shape index (κ3) is 4.58. The Labute approximate surface area is 186 Å². The van der Waals surface area contributed by atoms with Gasteiger partial charge in [-0.3, -0.25) is 24.2 Å². The number of amides is 3. The highest BCUT2D eigenvalue weighted by Crippen LogP contribution is 2.37. The first-order chi connectivity index (χ1) is 14.9. The van der Waals surface area contributed by atoms with Gasteiger partial charge in [0.25, 0.3) is 0 Å². The van der Waals surface area contributed by atoms with E-state index >= 15 is 0 Å². The number of likely N-dealkylation sites (tertiary alicyclic amines) is 2. The van der Waals surface area contributed by atoms with Crippen molar-refractivity contribution in [2.24, 2.45) is 17.8 Å². The number of hydrogen-bond acceptors (Lipinski definition) is 5. The summed E-state index contributed by atoms with van der Waals surface area (Å²) >= 11 is 0. The molecule has 0 saturated carbocycles. The van der Waals surface area contributed by atoms with Crippen molar-refractivity contribution in [3.8, 4) is 0 Å². The topological polar surface area (TPSA) is 64.2 Å². The minimum atomic E-state index is -0.655. The molecule has 0 radical (unpaired) electrons. The molecule has 0 aromatic rings. The lowest BCUT2D eigenvalue weighted by molar-refractivity contribution is -0.153. The number of allylic oxidation sites excluding steroid dienone is 2. The Hall–Kier alpha value is -1.73. The molecule has 3 amide bonds. The van der Waals surface area contributed by atoms with Gasteiger partial charge in [0.15, 0.2) is 0 Å². The molecule has 7 nitrogen and oxygen atoms in total. The van der Waals surface area contributed by atoms with E-state index in [1.165, 1.54) is 24.3 Å². The summed E-state index contributed by atoms with van der Waals surface area (Å²) in [6.07, 6.45) is 8.21. The van der Waals surface area contributed by atoms with Crippen LogP contribution in [0.3, 0.4) is 0 Å². The summed E-state index contributed by atoms with van der Waals surface area (Å²) in [4.78, 5) is 48.0. The summed E-state index contributed by atoms with van der Waals surface area (Å²) in [5.41, 5.74) is 0. The van der Waals surface area contributed by atoms with Gasteiger partial charge < -0.3 is 9.80 Å². The van der Waals surface area contributed by atoms with Crippen molar-refractivity contribution < 1.29 is 14.4 Å². The Balaban J connectivity index is 1.43. The van der Waals surface area contributed by atoms with Crippen molar-refractivity contribution in [2.75, 3.05) is 46.3 Å². The summed E-state index contributed by atoms with van der Waals surface area (Å²) in [6, 6.07) is -0.0854. The Morgan fingerprint density at radius 3 is 2.16 bits per heavy atom. The van der Waals surface area contributed by atoms with Gasteiger partial charge in [0.1, 0.15) is 6.04 Å². The van der Waals surface area contributed by atoms with Gasteiger partial charge in [-0.05, 0) is 51.6 Å². The van der Waals surface area contributed by atoms with Crippen molar-refractivity contribution in [1.29, 1.82) is 0 Å². The van der Waals surface area contributed by atoms with Crippen molar-refractivity contribution in [3.05, 3.63) is 12.2 Å². The first kappa shape index (κ1) is 22.5. The van der Waals surface area contributed by atoms with E-state index in [0.717, 1.165) is 19.6 Å². The first-order valence-electron chi connectivity index (χ1n) is 12.1. The van der Waals surface area contributed by atoms with Crippen LogP contribution in [0.5, 0.6) is 0 Å². The normalized spacial score (nSPS) is 31.4. The van der Waals surface area contributed by atoms with Crippen LogP contribution >= 0.6 is 0 Å². The highest BCUT2D eigenvalue weighted by atomic mass is 16.2. The molecule has 1 aliphatic carbocycles. The Kier molecular flexibility index (Phi) is 6.82. The Morgan fingerprint density at radius 2 is 1.61 bits per heavy atom. The Bertz CT molecular complexity index is 702. The second-order valence-corrected chi connectivity index (χ2v) is 10.3. The van der Waals surface area contributed by atoms with Crippen molar-refractivity contribution in [1.82, 2.24) is 19.6 Å². The largest absolute Gasteiger partial charge is 0.338 e. The number of likely N-dealkylation sites (N-methyl/N-ethyl adjacent to an activating group) is 1. The smallest absolute Gasteiger partial charge is 0.245 e. The molecule has 4 atom stereocenters. The van der Waals surface area contributed by atoms with Crippen LogP contribution in [0.4, 0.5) is 0 Å². The number of nitrogens with zero attached hydrogens (tertiary/aromatic N) is 4. The maximum Gasteiger partial charge on any atom is 0.245 e. The monoisotopic (exact) mass is 430 g/mol. The van der Waals surface area contributed by atoms with Gasteiger partial charge in [0.05, 0.1) is 11.8 Å². The van der Waals surface area contributed by atoms with E-state index < -0.39 is 6.04 Å². The molecular weight excluding hydrogens is 392 g/mol. The number of rotatable bonds is 5. The van der Waals surface area contributed by atoms with Gasteiger partial charge in [-0.1, -0.05) is 26.0 Å².